The van der Waals surface area contributed by atoms with Crippen LogP contribution in [0.2, 0.25) is 0 Å². The highest BCUT2D eigenvalue weighted by atomic mass is 15.3. The first kappa shape index (κ1) is 14.9. The number of aliphatic imine (C=N–C) groups is 1. The summed E-state index contributed by atoms with van der Waals surface area (Å²) in [5, 5.41) is 4.68. The monoisotopic (exact) mass is 298 g/mol. The number of hydrogen-bond donors (Lipinski definition) is 2. The molecule has 0 radical (unpaired) electrons. The van der Waals surface area contributed by atoms with Crippen molar-refractivity contribution in [3.05, 3.63) is 36.0 Å². The van der Waals surface area contributed by atoms with E-state index < -0.39 is 0 Å². The molecule has 1 aromatic carbocycles. The lowest BCUT2D eigenvalue weighted by Crippen LogP contribution is -2.40. The summed E-state index contributed by atoms with van der Waals surface area (Å²) >= 11 is 0. The maximum absolute atomic E-state index is 4.83. The number of hydrogen-bond acceptors (Lipinski definition) is 1. The molecule has 1 fully saturated rings. The van der Waals surface area contributed by atoms with Gasteiger partial charge >= 0.3 is 0 Å². The molecule has 1 aliphatic rings. The van der Waals surface area contributed by atoms with Crippen molar-refractivity contribution in [3.63, 3.8) is 0 Å². The topological polar surface area (TPSA) is 43.4 Å². The number of fused-ring (bicyclic) bond motifs is 1. The highest BCUT2D eigenvalue weighted by Crippen LogP contribution is 2.28. The summed E-state index contributed by atoms with van der Waals surface area (Å²) < 4.78 is 0. The molecule has 4 nitrogen and oxygen atoms in total. The van der Waals surface area contributed by atoms with E-state index in [0.717, 1.165) is 31.3 Å². The molecule has 1 aliphatic heterocycles. The fourth-order valence-electron chi connectivity index (χ4n) is 3.10. The van der Waals surface area contributed by atoms with Crippen molar-refractivity contribution in [2.75, 3.05) is 19.6 Å². The van der Waals surface area contributed by atoms with E-state index in [2.05, 4.69) is 66.3 Å². The molecule has 0 spiro atoms. The quantitative estimate of drug-likeness (QED) is 0.674. The summed E-state index contributed by atoms with van der Waals surface area (Å²) in [4.78, 5) is 10.7. The van der Waals surface area contributed by atoms with E-state index in [4.69, 9.17) is 4.99 Å². The van der Waals surface area contributed by atoms with Gasteiger partial charge in [-0.25, -0.2) is 4.99 Å². The number of H-pyrrole nitrogens is 1. The van der Waals surface area contributed by atoms with E-state index >= 15 is 0 Å². The summed E-state index contributed by atoms with van der Waals surface area (Å²) in [6, 6.07) is 10.6. The van der Waals surface area contributed by atoms with Gasteiger partial charge in [0.15, 0.2) is 5.96 Å². The number of rotatable bonds is 3. The van der Waals surface area contributed by atoms with Crippen LogP contribution in [0.5, 0.6) is 0 Å². The lowest BCUT2D eigenvalue weighted by Gasteiger charge is -2.23. The van der Waals surface area contributed by atoms with Crippen LogP contribution in [0, 0.1) is 5.41 Å². The molecule has 22 heavy (non-hydrogen) atoms. The minimum Gasteiger partial charge on any atom is -0.357 e. The number of para-hydroxylation sites is 1. The van der Waals surface area contributed by atoms with Crippen LogP contribution in [-0.2, 0) is 6.54 Å². The summed E-state index contributed by atoms with van der Waals surface area (Å²) in [5.41, 5.74) is 2.73. The first-order chi connectivity index (χ1) is 10.6. The predicted octanol–water partition coefficient (Wildman–Crippen LogP) is 3.37. The van der Waals surface area contributed by atoms with E-state index in [1.165, 1.54) is 17.3 Å². The molecule has 0 bridgehead atoms. The maximum atomic E-state index is 4.83. The zero-order valence-electron chi connectivity index (χ0n) is 13.8. The first-order valence-electron chi connectivity index (χ1n) is 8.17. The van der Waals surface area contributed by atoms with Gasteiger partial charge in [0.25, 0.3) is 0 Å². The van der Waals surface area contributed by atoms with Gasteiger partial charge in [-0.05, 0) is 36.3 Å². The smallest absolute Gasteiger partial charge is 0.194 e. The number of aromatic nitrogens is 1. The van der Waals surface area contributed by atoms with Gasteiger partial charge in [0.05, 0.1) is 6.54 Å². The Balaban J connectivity index is 1.75. The van der Waals surface area contributed by atoms with Crippen LogP contribution < -0.4 is 5.32 Å². The minimum absolute atomic E-state index is 0.386. The highest BCUT2D eigenvalue weighted by Gasteiger charge is 2.30. The maximum Gasteiger partial charge on any atom is 0.194 e. The van der Waals surface area contributed by atoms with Crippen molar-refractivity contribution in [2.24, 2.45) is 10.4 Å². The average molecular weight is 298 g/mol. The van der Waals surface area contributed by atoms with Crippen LogP contribution in [0.3, 0.4) is 0 Å². The molecular formula is C18H26N4. The molecule has 1 saturated heterocycles. The molecule has 3 rings (SSSR count). The molecule has 2 heterocycles. The van der Waals surface area contributed by atoms with Gasteiger partial charge < -0.3 is 15.2 Å². The SMILES string of the molecule is CCNC(=NCc1cc2ccccc2[nH]1)N1CCC(C)(C)C1. The summed E-state index contributed by atoms with van der Waals surface area (Å²) in [7, 11) is 0. The molecule has 2 N–H and O–H groups in total. The van der Waals surface area contributed by atoms with Crippen molar-refractivity contribution < 1.29 is 0 Å². The molecule has 0 aliphatic carbocycles. The molecule has 1 aromatic heterocycles. The zero-order valence-corrected chi connectivity index (χ0v) is 13.8. The Morgan fingerprint density at radius 1 is 1.36 bits per heavy atom. The zero-order chi connectivity index (χ0) is 15.6. The lowest BCUT2D eigenvalue weighted by molar-refractivity contribution is 0.370. The van der Waals surface area contributed by atoms with Gasteiger partial charge in [-0.15, -0.1) is 0 Å². The van der Waals surface area contributed by atoms with E-state index in [1.54, 1.807) is 0 Å². The Morgan fingerprint density at radius 3 is 2.86 bits per heavy atom. The molecule has 0 saturated carbocycles. The normalized spacial score (nSPS) is 18.1. The predicted molar refractivity (Wildman–Crippen MR) is 93.1 cm³/mol. The van der Waals surface area contributed by atoms with Crippen LogP contribution in [0.1, 0.15) is 32.9 Å². The largest absolute Gasteiger partial charge is 0.357 e. The van der Waals surface area contributed by atoms with Gasteiger partial charge in [0, 0.05) is 30.8 Å². The summed E-state index contributed by atoms with van der Waals surface area (Å²) in [5.74, 6) is 1.03. The Hall–Kier alpha value is -1.97. The molecule has 0 atom stereocenters. The molecular weight excluding hydrogens is 272 g/mol. The number of nitrogens with one attached hydrogen (secondary N) is 2. The Morgan fingerprint density at radius 2 is 2.18 bits per heavy atom. The fourth-order valence-corrected chi connectivity index (χ4v) is 3.10. The first-order valence-corrected chi connectivity index (χ1v) is 8.17. The summed E-state index contributed by atoms with van der Waals surface area (Å²) in [6.45, 7) is 10.5. The van der Waals surface area contributed by atoms with Crippen molar-refractivity contribution in [1.29, 1.82) is 0 Å². The van der Waals surface area contributed by atoms with E-state index in [0.29, 0.717) is 12.0 Å². The van der Waals surface area contributed by atoms with Crippen molar-refractivity contribution in [2.45, 2.75) is 33.7 Å². The number of guanidine groups is 1. The minimum atomic E-state index is 0.386. The van der Waals surface area contributed by atoms with Crippen molar-refractivity contribution in [1.82, 2.24) is 15.2 Å². The number of benzene rings is 1. The highest BCUT2D eigenvalue weighted by molar-refractivity contribution is 5.81. The van der Waals surface area contributed by atoms with Crippen LogP contribution in [0.15, 0.2) is 35.3 Å². The molecule has 2 aromatic rings. The Kier molecular flexibility index (Phi) is 4.10. The third-order valence-corrected chi connectivity index (χ3v) is 4.30. The molecule has 0 unspecified atom stereocenters. The fraction of sp³-hybridized carbons (Fsp3) is 0.500. The average Bonchev–Trinajstić information content (AvgIpc) is 3.06. The lowest BCUT2D eigenvalue weighted by atomic mass is 9.93. The second-order valence-corrected chi connectivity index (χ2v) is 6.89. The molecule has 118 valence electrons. The second-order valence-electron chi connectivity index (χ2n) is 6.89. The van der Waals surface area contributed by atoms with Crippen molar-refractivity contribution >= 4 is 16.9 Å². The van der Waals surface area contributed by atoms with Gasteiger partial charge in [-0.1, -0.05) is 32.0 Å². The van der Waals surface area contributed by atoms with Gasteiger partial charge in [-0.3, -0.25) is 0 Å². The van der Waals surface area contributed by atoms with Crippen LogP contribution in [0.4, 0.5) is 0 Å². The van der Waals surface area contributed by atoms with Crippen molar-refractivity contribution in [3.8, 4) is 0 Å². The number of likely N-dealkylation sites (tertiary alicyclic amines) is 1. The van der Waals surface area contributed by atoms with Gasteiger partial charge in [-0.2, -0.15) is 0 Å². The van der Waals surface area contributed by atoms with Crippen LogP contribution >= 0.6 is 0 Å². The van der Waals surface area contributed by atoms with Gasteiger partial charge in [0.2, 0.25) is 0 Å². The van der Waals surface area contributed by atoms with Crippen LogP contribution in [-0.4, -0.2) is 35.5 Å². The number of aromatic amines is 1. The molecule has 4 heteroatoms. The third-order valence-electron chi connectivity index (χ3n) is 4.30. The van der Waals surface area contributed by atoms with Crippen LogP contribution in [0.25, 0.3) is 10.9 Å². The van der Waals surface area contributed by atoms with E-state index in [-0.39, 0.29) is 0 Å². The number of nitrogens with zero attached hydrogens (tertiary/aromatic N) is 2. The van der Waals surface area contributed by atoms with E-state index in [1.807, 2.05) is 0 Å². The Bertz CT molecular complexity index is 636. The summed E-state index contributed by atoms with van der Waals surface area (Å²) in [6.07, 6.45) is 1.23. The molecule has 0 amide bonds. The van der Waals surface area contributed by atoms with E-state index in [9.17, 15) is 0 Å². The second kappa shape index (κ2) is 6.03. The third kappa shape index (κ3) is 3.26. The van der Waals surface area contributed by atoms with Gasteiger partial charge in [0.1, 0.15) is 0 Å². The Labute approximate surface area is 132 Å². The standard InChI is InChI=1S/C18H26N4/c1-4-19-17(22-10-9-18(2,3)13-22)20-12-15-11-14-7-5-6-8-16(14)21-15/h5-8,11,21H,4,9-10,12-13H2,1-3H3,(H,19,20).